The molecule has 0 saturated carbocycles. The van der Waals surface area contributed by atoms with Crippen molar-refractivity contribution in [3.05, 3.63) is 89.6 Å². The van der Waals surface area contributed by atoms with Gasteiger partial charge in [-0.25, -0.2) is 9.97 Å². The molecule has 3 aromatic carbocycles. The van der Waals surface area contributed by atoms with Crippen LogP contribution < -0.4 is 10.5 Å². The first-order chi connectivity index (χ1) is 14.5. The summed E-state index contributed by atoms with van der Waals surface area (Å²) in [4.78, 5) is 8.76. The molecule has 150 valence electrons. The third kappa shape index (κ3) is 3.96. The van der Waals surface area contributed by atoms with Crippen LogP contribution in [0.25, 0.3) is 22.4 Å². The van der Waals surface area contributed by atoms with Crippen LogP contribution >= 0.6 is 0 Å². The van der Waals surface area contributed by atoms with E-state index in [1.165, 1.54) is 0 Å². The number of phenols is 1. The minimum atomic E-state index is 0.0759. The molecule has 30 heavy (non-hydrogen) atoms. The number of phenolic OH excluding ortho intramolecular Hbond substituents is 1. The van der Waals surface area contributed by atoms with Gasteiger partial charge in [0.2, 0.25) is 5.95 Å². The number of hydrogen-bond acceptors (Lipinski definition) is 5. The predicted octanol–water partition coefficient (Wildman–Crippen LogP) is 5.29. The van der Waals surface area contributed by atoms with E-state index in [0.29, 0.717) is 23.6 Å². The molecule has 0 radical (unpaired) electrons. The Hall–Kier alpha value is -3.86. The molecule has 0 aliphatic rings. The van der Waals surface area contributed by atoms with Gasteiger partial charge in [0.05, 0.1) is 11.4 Å². The van der Waals surface area contributed by atoms with Gasteiger partial charge in [-0.2, -0.15) is 0 Å². The fourth-order valence-corrected chi connectivity index (χ4v) is 3.47. The highest BCUT2D eigenvalue weighted by Crippen LogP contribution is 2.38. The molecule has 5 nitrogen and oxygen atoms in total. The van der Waals surface area contributed by atoms with E-state index in [2.05, 4.69) is 9.97 Å². The topological polar surface area (TPSA) is 81.3 Å². The summed E-state index contributed by atoms with van der Waals surface area (Å²) in [5.41, 5.74) is 11.9. The summed E-state index contributed by atoms with van der Waals surface area (Å²) >= 11 is 0. The molecule has 0 aliphatic carbocycles. The molecule has 4 aromatic rings. The third-order valence-corrected chi connectivity index (χ3v) is 5.05. The number of nitrogens with two attached hydrogens (primary N) is 1. The fourth-order valence-electron chi connectivity index (χ4n) is 3.47. The summed E-state index contributed by atoms with van der Waals surface area (Å²) in [5, 5.41) is 10.8. The molecule has 1 aromatic heterocycles. The summed E-state index contributed by atoms with van der Waals surface area (Å²) in [7, 11) is 0. The lowest BCUT2D eigenvalue weighted by atomic mass is 9.97. The van der Waals surface area contributed by atoms with Crippen molar-refractivity contribution in [2.45, 2.75) is 20.5 Å². The highest BCUT2D eigenvalue weighted by atomic mass is 16.5. The van der Waals surface area contributed by atoms with Gasteiger partial charge >= 0.3 is 0 Å². The van der Waals surface area contributed by atoms with Gasteiger partial charge in [0, 0.05) is 17.2 Å². The van der Waals surface area contributed by atoms with Crippen LogP contribution in [0.2, 0.25) is 0 Å². The fraction of sp³-hybridized carbons (Fsp3) is 0.120. The van der Waals surface area contributed by atoms with Gasteiger partial charge in [0.15, 0.2) is 0 Å². The third-order valence-electron chi connectivity index (χ3n) is 5.05. The minimum Gasteiger partial charge on any atom is -0.507 e. The quantitative estimate of drug-likeness (QED) is 0.478. The van der Waals surface area contributed by atoms with E-state index in [1.54, 1.807) is 12.1 Å². The van der Waals surface area contributed by atoms with Crippen molar-refractivity contribution < 1.29 is 9.84 Å². The van der Waals surface area contributed by atoms with Gasteiger partial charge in [-0.1, -0.05) is 54.6 Å². The van der Waals surface area contributed by atoms with Gasteiger partial charge in [0.1, 0.15) is 18.1 Å². The average Bonchev–Trinajstić information content (AvgIpc) is 2.73. The van der Waals surface area contributed by atoms with E-state index in [4.69, 9.17) is 10.5 Å². The molecule has 0 unspecified atom stereocenters. The van der Waals surface area contributed by atoms with Crippen LogP contribution in [0.15, 0.2) is 72.8 Å². The van der Waals surface area contributed by atoms with Crippen molar-refractivity contribution in [3.8, 4) is 33.9 Å². The zero-order valence-electron chi connectivity index (χ0n) is 17.0. The van der Waals surface area contributed by atoms with E-state index in [1.807, 2.05) is 74.5 Å². The Morgan fingerprint density at radius 1 is 0.900 bits per heavy atom. The average molecular weight is 397 g/mol. The van der Waals surface area contributed by atoms with Crippen LogP contribution in [0.4, 0.5) is 5.95 Å². The summed E-state index contributed by atoms with van der Waals surface area (Å²) < 4.78 is 5.89. The normalized spacial score (nSPS) is 10.7. The maximum atomic E-state index is 10.8. The van der Waals surface area contributed by atoms with Crippen molar-refractivity contribution in [1.29, 1.82) is 0 Å². The summed E-state index contributed by atoms with van der Waals surface area (Å²) in [6.45, 7) is 4.37. The number of nitrogens with zero attached hydrogens (tertiary/aromatic N) is 2. The summed E-state index contributed by atoms with van der Waals surface area (Å²) in [6, 6.07) is 23.1. The monoisotopic (exact) mass is 397 g/mol. The van der Waals surface area contributed by atoms with E-state index in [9.17, 15) is 5.11 Å². The first kappa shape index (κ1) is 19.5. The number of anilines is 1. The van der Waals surface area contributed by atoms with Crippen molar-refractivity contribution in [2.24, 2.45) is 0 Å². The number of aromatic hydroxyl groups is 1. The first-order valence-electron chi connectivity index (χ1n) is 9.73. The Morgan fingerprint density at radius 2 is 1.63 bits per heavy atom. The second-order valence-corrected chi connectivity index (χ2v) is 7.15. The van der Waals surface area contributed by atoms with Gasteiger partial charge in [0.25, 0.3) is 0 Å². The highest BCUT2D eigenvalue weighted by Gasteiger charge is 2.17. The van der Waals surface area contributed by atoms with Crippen LogP contribution in [-0.4, -0.2) is 15.1 Å². The molecule has 1 heterocycles. The number of aryl methyl sites for hydroxylation is 2. The Morgan fingerprint density at radius 3 is 2.37 bits per heavy atom. The van der Waals surface area contributed by atoms with E-state index in [-0.39, 0.29) is 11.7 Å². The molecule has 5 heteroatoms. The number of ether oxygens (including phenoxy) is 1. The molecular formula is C25H23N3O2. The standard InChI is InChI=1S/C25H23N3O2/c1-16-8-6-7-11-19(16)15-30-20-12-13-21(22(29)14-20)24-23(17(2)27-25(26)28-24)18-9-4-3-5-10-18/h3-14,29H,15H2,1-2H3,(H2,26,27,28). The SMILES string of the molecule is Cc1ccccc1COc1ccc(-c2nc(N)nc(C)c2-c2ccccc2)c(O)c1. The smallest absolute Gasteiger partial charge is 0.220 e. The maximum absolute atomic E-state index is 10.8. The van der Waals surface area contributed by atoms with Crippen molar-refractivity contribution >= 4 is 5.95 Å². The van der Waals surface area contributed by atoms with Gasteiger partial charge in [-0.3, -0.25) is 0 Å². The summed E-state index contributed by atoms with van der Waals surface area (Å²) in [6.07, 6.45) is 0. The molecule has 0 spiro atoms. The zero-order chi connectivity index (χ0) is 21.1. The number of hydrogen-bond donors (Lipinski definition) is 2. The van der Waals surface area contributed by atoms with Gasteiger partial charge in [-0.15, -0.1) is 0 Å². The lowest BCUT2D eigenvalue weighted by molar-refractivity contribution is 0.303. The molecule has 0 aliphatic heterocycles. The first-order valence-corrected chi connectivity index (χ1v) is 9.73. The zero-order valence-corrected chi connectivity index (χ0v) is 17.0. The Labute approximate surface area is 175 Å². The molecule has 0 saturated heterocycles. The second kappa shape index (κ2) is 8.25. The second-order valence-electron chi connectivity index (χ2n) is 7.15. The number of nitrogen functional groups attached to an aromatic ring is 1. The molecule has 0 atom stereocenters. The lowest BCUT2D eigenvalue weighted by Gasteiger charge is -2.15. The van der Waals surface area contributed by atoms with Crippen LogP contribution in [0, 0.1) is 13.8 Å². The van der Waals surface area contributed by atoms with Crippen molar-refractivity contribution in [3.63, 3.8) is 0 Å². The molecule has 0 bridgehead atoms. The highest BCUT2D eigenvalue weighted by molar-refractivity contribution is 5.85. The van der Waals surface area contributed by atoms with Crippen molar-refractivity contribution in [1.82, 2.24) is 9.97 Å². The maximum Gasteiger partial charge on any atom is 0.220 e. The van der Waals surface area contributed by atoms with Crippen LogP contribution in [0.5, 0.6) is 11.5 Å². The number of rotatable bonds is 5. The van der Waals surface area contributed by atoms with Crippen molar-refractivity contribution in [2.75, 3.05) is 5.73 Å². The van der Waals surface area contributed by atoms with Gasteiger partial charge in [-0.05, 0) is 42.7 Å². The Bertz CT molecular complexity index is 1190. The van der Waals surface area contributed by atoms with Crippen LogP contribution in [0.3, 0.4) is 0 Å². The van der Waals surface area contributed by atoms with E-state index < -0.39 is 0 Å². The number of benzene rings is 3. The lowest BCUT2D eigenvalue weighted by Crippen LogP contribution is -2.02. The minimum absolute atomic E-state index is 0.0759. The predicted molar refractivity (Wildman–Crippen MR) is 119 cm³/mol. The van der Waals surface area contributed by atoms with Crippen LogP contribution in [-0.2, 0) is 6.61 Å². The molecule has 3 N–H and O–H groups in total. The molecule has 4 rings (SSSR count). The largest absolute Gasteiger partial charge is 0.507 e. The molecule has 0 fully saturated rings. The summed E-state index contributed by atoms with van der Waals surface area (Å²) in [5.74, 6) is 0.827. The molecular weight excluding hydrogens is 374 g/mol. The van der Waals surface area contributed by atoms with Crippen LogP contribution in [0.1, 0.15) is 16.8 Å². The number of aromatic nitrogens is 2. The van der Waals surface area contributed by atoms with E-state index in [0.717, 1.165) is 27.9 Å². The van der Waals surface area contributed by atoms with E-state index >= 15 is 0 Å². The van der Waals surface area contributed by atoms with Gasteiger partial charge < -0.3 is 15.6 Å². The Kier molecular flexibility index (Phi) is 5.35. The Balaban J connectivity index is 1.69. The molecule has 0 amide bonds.